The highest BCUT2D eigenvalue weighted by Gasteiger charge is 2.23. The van der Waals surface area contributed by atoms with Gasteiger partial charge in [0.15, 0.2) is 0 Å². The summed E-state index contributed by atoms with van der Waals surface area (Å²) in [5.41, 5.74) is 1.48. The van der Waals surface area contributed by atoms with E-state index in [1.807, 2.05) is 35.1 Å². The lowest BCUT2D eigenvalue weighted by Crippen LogP contribution is -2.39. The van der Waals surface area contributed by atoms with E-state index >= 15 is 0 Å². The van der Waals surface area contributed by atoms with Gasteiger partial charge in [-0.15, -0.1) is 0 Å². The van der Waals surface area contributed by atoms with E-state index in [0.29, 0.717) is 28.5 Å². The summed E-state index contributed by atoms with van der Waals surface area (Å²) in [5, 5.41) is 17.4. The molecule has 3 heterocycles. The number of carbonyl (C=O) groups excluding carboxylic acids is 1. The van der Waals surface area contributed by atoms with Gasteiger partial charge in [0.25, 0.3) is 5.91 Å². The van der Waals surface area contributed by atoms with E-state index in [-0.39, 0.29) is 7.33 Å². The molecule has 1 amide bonds. The van der Waals surface area contributed by atoms with Crippen LogP contribution in [0.5, 0.6) is 0 Å². The van der Waals surface area contributed by atoms with Crippen LogP contribution in [-0.4, -0.2) is 49.7 Å². The van der Waals surface area contributed by atoms with Gasteiger partial charge in [0.05, 0.1) is 22.8 Å². The van der Waals surface area contributed by atoms with Crippen LogP contribution in [-0.2, 0) is 0 Å². The predicted octanol–water partition coefficient (Wildman–Crippen LogP) is 5.68. The number of nitrogens with one attached hydrogen (secondary N) is 2. The van der Waals surface area contributed by atoms with Gasteiger partial charge in [0.2, 0.25) is 0 Å². The Bertz CT molecular complexity index is 1200. The van der Waals surface area contributed by atoms with Gasteiger partial charge in [-0.3, -0.25) is 14.9 Å². The van der Waals surface area contributed by atoms with Crippen LogP contribution >= 0.6 is 11.8 Å². The lowest BCUT2D eigenvalue weighted by molar-refractivity contribution is 0.102. The van der Waals surface area contributed by atoms with Crippen LogP contribution in [0.1, 0.15) is 57.0 Å². The molecule has 1 aliphatic heterocycles. The molecular formula is C25H32N6OS. The monoisotopic (exact) mass is 464 g/mol. The molecule has 0 saturated carbocycles. The van der Waals surface area contributed by atoms with Gasteiger partial charge in [0, 0.05) is 43.2 Å². The van der Waals surface area contributed by atoms with Gasteiger partial charge < -0.3 is 10.2 Å². The first-order valence-electron chi connectivity index (χ1n) is 11.2. The molecule has 3 aromatic rings. The first-order chi connectivity index (χ1) is 15.8. The van der Waals surface area contributed by atoms with E-state index in [9.17, 15) is 4.79 Å². The fourth-order valence-corrected chi connectivity index (χ4v) is 4.75. The first-order valence-corrected chi connectivity index (χ1v) is 12.0. The molecule has 8 heteroatoms. The number of piperidine rings is 1. The summed E-state index contributed by atoms with van der Waals surface area (Å²) < 4.78 is 1.93. The standard InChI is InChI=1S/C25H30N6OS.H2/c1-16(2)30-9-7-23(8-10-30)31-15-22(14-28-31)25(32)29-24-12-21-11-19(17(3)33-18(4)26)5-6-20(21)13-27-24;/h5-6,11-16,23,26H,3,7-10H2,1-2,4H3,(H,27,29,32);1H. The average Bonchev–Trinajstić information content (AvgIpc) is 3.29. The molecule has 7 nitrogen and oxygen atoms in total. The maximum atomic E-state index is 12.8. The molecule has 0 spiro atoms. The third kappa shape index (κ3) is 5.51. The number of likely N-dealkylation sites (tertiary alicyclic amines) is 1. The van der Waals surface area contributed by atoms with Gasteiger partial charge in [-0.25, -0.2) is 4.98 Å². The van der Waals surface area contributed by atoms with E-state index in [0.717, 1.165) is 47.2 Å². The van der Waals surface area contributed by atoms with Crippen LogP contribution in [0.2, 0.25) is 0 Å². The van der Waals surface area contributed by atoms with Gasteiger partial charge >= 0.3 is 0 Å². The molecule has 0 atom stereocenters. The molecule has 0 bridgehead atoms. The van der Waals surface area contributed by atoms with Gasteiger partial charge in [-0.1, -0.05) is 30.5 Å². The van der Waals surface area contributed by atoms with E-state index in [2.05, 4.69) is 40.7 Å². The number of pyridine rings is 1. The van der Waals surface area contributed by atoms with Crippen LogP contribution in [0, 0.1) is 5.41 Å². The molecule has 2 N–H and O–H groups in total. The zero-order valence-corrected chi connectivity index (χ0v) is 20.2. The minimum absolute atomic E-state index is 0. The summed E-state index contributed by atoms with van der Waals surface area (Å²) in [6.45, 7) is 12.4. The second-order valence-electron chi connectivity index (χ2n) is 8.74. The minimum Gasteiger partial charge on any atom is -0.306 e. The Morgan fingerprint density at radius 2 is 1.97 bits per heavy atom. The lowest BCUT2D eigenvalue weighted by Gasteiger charge is -2.34. The van der Waals surface area contributed by atoms with Crippen molar-refractivity contribution in [1.29, 1.82) is 5.41 Å². The number of hydrogen-bond acceptors (Lipinski definition) is 6. The fraction of sp³-hybridized carbons (Fsp3) is 0.360. The van der Waals surface area contributed by atoms with Crippen LogP contribution in [0.3, 0.4) is 0 Å². The topological polar surface area (TPSA) is 86.9 Å². The van der Waals surface area contributed by atoms with E-state index in [1.54, 1.807) is 19.3 Å². The molecule has 174 valence electrons. The van der Waals surface area contributed by atoms with Crippen molar-refractivity contribution in [2.24, 2.45) is 0 Å². The molecule has 0 radical (unpaired) electrons. The predicted molar refractivity (Wildman–Crippen MR) is 139 cm³/mol. The van der Waals surface area contributed by atoms with Gasteiger partial charge in [0.1, 0.15) is 5.82 Å². The summed E-state index contributed by atoms with van der Waals surface area (Å²) in [6, 6.07) is 8.70. The Morgan fingerprint density at radius 1 is 1.21 bits per heavy atom. The zero-order valence-electron chi connectivity index (χ0n) is 19.3. The second-order valence-corrected chi connectivity index (χ2v) is 10.0. The van der Waals surface area contributed by atoms with Crippen LogP contribution in [0.4, 0.5) is 5.82 Å². The lowest BCUT2D eigenvalue weighted by atomic mass is 10.0. The van der Waals surface area contributed by atoms with Crippen molar-refractivity contribution >= 4 is 44.2 Å². The minimum atomic E-state index is -0.219. The van der Waals surface area contributed by atoms with Crippen molar-refractivity contribution in [3.63, 3.8) is 0 Å². The van der Waals surface area contributed by atoms with Crippen LogP contribution in [0.25, 0.3) is 15.7 Å². The third-order valence-electron chi connectivity index (χ3n) is 6.03. The van der Waals surface area contributed by atoms with Crippen molar-refractivity contribution in [3.05, 3.63) is 60.6 Å². The Balaban J connectivity index is 0.00000324. The number of thioether (sulfide) groups is 1. The number of benzene rings is 1. The first kappa shape index (κ1) is 23.2. The Kier molecular flexibility index (Phi) is 6.95. The molecular weight excluding hydrogens is 432 g/mol. The third-order valence-corrected chi connectivity index (χ3v) is 6.82. The Morgan fingerprint density at radius 3 is 2.67 bits per heavy atom. The van der Waals surface area contributed by atoms with Crippen molar-refractivity contribution in [2.75, 3.05) is 18.4 Å². The van der Waals surface area contributed by atoms with E-state index in [4.69, 9.17) is 5.41 Å². The average molecular weight is 465 g/mol. The summed E-state index contributed by atoms with van der Waals surface area (Å²) in [6.07, 6.45) is 7.29. The number of fused-ring (bicyclic) bond motifs is 1. The molecule has 33 heavy (non-hydrogen) atoms. The van der Waals surface area contributed by atoms with Gasteiger partial charge in [-0.2, -0.15) is 5.10 Å². The summed E-state index contributed by atoms with van der Waals surface area (Å²) in [7, 11) is 0. The number of hydrogen-bond donors (Lipinski definition) is 2. The van der Waals surface area contributed by atoms with Crippen molar-refractivity contribution < 1.29 is 6.22 Å². The number of aromatic nitrogens is 3. The Labute approximate surface area is 200 Å². The number of rotatable bonds is 6. The van der Waals surface area contributed by atoms with Crippen molar-refractivity contribution in [3.8, 4) is 0 Å². The molecule has 2 aromatic heterocycles. The molecule has 0 unspecified atom stereocenters. The maximum Gasteiger partial charge on any atom is 0.260 e. The molecule has 4 rings (SSSR count). The summed E-state index contributed by atoms with van der Waals surface area (Å²) in [5.74, 6) is 0.271. The highest BCUT2D eigenvalue weighted by Crippen LogP contribution is 2.29. The molecule has 1 aliphatic rings. The Hall–Kier alpha value is -2.97. The SMILES string of the molecule is C=C(SC(C)=N)c1ccc2cnc(NC(=O)c3cnn(C4CCN(C(C)C)CC4)c3)cc2c1.[HH]. The molecule has 1 saturated heterocycles. The van der Waals surface area contributed by atoms with Gasteiger partial charge in [-0.05, 0) is 56.7 Å². The van der Waals surface area contributed by atoms with Crippen molar-refractivity contribution in [2.45, 2.75) is 45.7 Å². The molecule has 1 fully saturated rings. The van der Waals surface area contributed by atoms with Crippen molar-refractivity contribution in [1.82, 2.24) is 19.7 Å². The second kappa shape index (κ2) is 9.89. The number of nitrogens with zero attached hydrogens (tertiary/aromatic N) is 4. The van der Waals surface area contributed by atoms with Crippen LogP contribution in [0.15, 0.2) is 49.4 Å². The highest BCUT2D eigenvalue weighted by atomic mass is 32.2. The number of carbonyl (C=O) groups is 1. The van der Waals surface area contributed by atoms with E-state index < -0.39 is 0 Å². The normalized spacial score (nSPS) is 15.2. The summed E-state index contributed by atoms with van der Waals surface area (Å²) >= 11 is 1.34. The number of amides is 1. The quantitative estimate of drug-likeness (QED) is 0.362. The summed E-state index contributed by atoms with van der Waals surface area (Å²) in [4.78, 5) is 20.5. The smallest absolute Gasteiger partial charge is 0.260 e. The highest BCUT2D eigenvalue weighted by molar-refractivity contribution is 8.21. The van der Waals surface area contributed by atoms with E-state index in [1.165, 1.54) is 11.8 Å². The largest absolute Gasteiger partial charge is 0.306 e. The maximum absolute atomic E-state index is 12.8. The molecule has 0 aliphatic carbocycles. The van der Waals surface area contributed by atoms with Crippen LogP contribution < -0.4 is 5.32 Å². The number of anilines is 1. The fourth-order valence-electron chi connectivity index (χ4n) is 4.14. The molecule has 1 aromatic carbocycles. The zero-order chi connectivity index (χ0) is 23.5.